The molecule has 0 bridgehead atoms. The second-order valence-corrected chi connectivity index (χ2v) is 5.34. The molecule has 0 fully saturated rings. The van der Waals surface area contributed by atoms with Crippen LogP contribution in [0.1, 0.15) is 24.1 Å². The molecule has 1 aromatic heterocycles. The maximum Gasteiger partial charge on any atom is 0.434 e. The van der Waals surface area contributed by atoms with Crippen LogP contribution in [0.25, 0.3) is 0 Å². The van der Waals surface area contributed by atoms with Gasteiger partial charge in [-0.3, -0.25) is 10.0 Å². The molecule has 118 valence electrons. The highest BCUT2D eigenvalue weighted by Gasteiger charge is 2.33. The quantitative estimate of drug-likeness (QED) is 0.592. The Hall–Kier alpha value is -2.13. The Morgan fingerprint density at radius 2 is 1.95 bits per heavy atom. The molecular formula is C13H12F3N3O2S. The molecule has 5 nitrogen and oxygen atoms in total. The minimum absolute atomic E-state index is 0.126. The summed E-state index contributed by atoms with van der Waals surface area (Å²) in [6.07, 6.45) is -4.46. The molecule has 1 amide bonds. The summed E-state index contributed by atoms with van der Waals surface area (Å²) in [4.78, 5) is 14.8. The number of benzene rings is 1. The van der Waals surface area contributed by atoms with E-state index in [4.69, 9.17) is 5.21 Å². The number of hydrogen-bond acceptors (Lipinski definition) is 5. The van der Waals surface area contributed by atoms with Gasteiger partial charge in [-0.2, -0.15) is 13.2 Å². The Labute approximate surface area is 127 Å². The van der Waals surface area contributed by atoms with Crippen molar-refractivity contribution in [2.24, 2.45) is 0 Å². The molecule has 0 aliphatic carbocycles. The monoisotopic (exact) mass is 331 g/mol. The summed E-state index contributed by atoms with van der Waals surface area (Å²) in [5.74, 6) is -1.09. The molecule has 0 saturated carbocycles. The average Bonchev–Trinajstić information content (AvgIpc) is 2.95. The maximum atomic E-state index is 12.4. The summed E-state index contributed by atoms with van der Waals surface area (Å²) in [7, 11) is 0. The second kappa shape index (κ2) is 6.32. The highest BCUT2D eigenvalue weighted by Crippen LogP contribution is 2.32. The number of carbonyl (C=O) groups excluding carboxylic acids is 1. The maximum absolute atomic E-state index is 12.4. The molecule has 0 aliphatic rings. The van der Waals surface area contributed by atoms with E-state index in [1.54, 1.807) is 36.7 Å². The molecule has 22 heavy (non-hydrogen) atoms. The molecular weight excluding hydrogens is 319 g/mol. The SMILES string of the molecule is CC(C(=O)NO)c1ccc(Nc2nc(C(F)(F)F)cs2)cc1. The number of thiazole rings is 1. The Morgan fingerprint density at radius 3 is 2.45 bits per heavy atom. The van der Waals surface area contributed by atoms with Crippen molar-refractivity contribution in [1.82, 2.24) is 10.5 Å². The van der Waals surface area contributed by atoms with Crippen molar-refractivity contribution in [3.05, 3.63) is 40.9 Å². The fourth-order valence-corrected chi connectivity index (χ4v) is 2.43. The van der Waals surface area contributed by atoms with E-state index in [2.05, 4.69) is 10.3 Å². The molecule has 0 aliphatic heterocycles. The zero-order chi connectivity index (χ0) is 16.3. The number of nitrogens with one attached hydrogen (secondary N) is 2. The third-order valence-corrected chi connectivity index (χ3v) is 3.72. The lowest BCUT2D eigenvalue weighted by Crippen LogP contribution is -2.24. The third-order valence-electron chi connectivity index (χ3n) is 2.96. The van der Waals surface area contributed by atoms with Crippen LogP contribution in [-0.4, -0.2) is 16.1 Å². The van der Waals surface area contributed by atoms with Crippen LogP contribution in [0, 0.1) is 0 Å². The zero-order valence-corrected chi connectivity index (χ0v) is 12.1. The largest absolute Gasteiger partial charge is 0.434 e. The van der Waals surface area contributed by atoms with Crippen LogP contribution in [0.2, 0.25) is 0 Å². The fraction of sp³-hybridized carbons (Fsp3) is 0.231. The number of aromatic nitrogens is 1. The first-order valence-electron chi connectivity index (χ1n) is 6.15. The average molecular weight is 331 g/mol. The predicted octanol–water partition coefficient (Wildman–Crippen LogP) is 3.51. The van der Waals surface area contributed by atoms with E-state index in [0.29, 0.717) is 11.3 Å². The van der Waals surface area contributed by atoms with Crippen molar-refractivity contribution in [3.63, 3.8) is 0 Å². The van der Waals surface area contributed by atoms with E-state index >= 15 is 0 Å². The first kappa shape index (κ1) is 16.2. The van der Waals surface area contributed by atoms with Gasteiger partial charge in [0, 0.05) is 11.1 Å². The van der Waals surface area contributed by atoms with Crippen LogP contribution >= 0.6 is 11.3 Å². The van der Waals surface area contributed by atoms with Gasteiger partial charge in [0.15, 0.2) is 10.8 Å². The van der Waals surface area contributed by atoms with Gasteiger partial charge in [-0.15, -0.1) is 11.3 Å². The van der Waals surface area contributed by atoms with Crippen molar-refractivity contribution in [2.45, 2.75) is 19.0 Å². The standard InChI is InChI=1S/C13H12F3N3O2S/c1-7(11(20)19-21)8-2-4-9(5-3-8)17-12-18-10(6-22-12)13(14,15)16/h2-7,21H,1H3,(H,17,18)(H,19,20). The smallest absolute Gasteiger partial charge is 0.332 e. The normalized spacial score (nSPS) is 12.8. The van der Waals surface area contributed by atoms with Crippen molar-refractivity contribution < 1.29 is 23.2 Å². The van der Waals surface area contributed by atoms with Gasteiger partial charge in [0.25, 0.3) is 5.91 Å². The van der Waals surface area contributed by atoms with Crippen LogP contribution < -0.4 is 10.8 Å². The highest BCUT2D eigenvalue weighted by atomic mass is 32.1. The number of hydrogen-bond donors (Lipinski definition) is 3. The van der Waals surface area contributed by atoms with Crippen molar-refractivity contribution in [2.75, 3.05) is 5.32 Å². The summed E-state index contributed by atoms with van der Waals surface area (Å²) >= 11 is 0.851. The van der Waals surface area contributed by atoms with Gasteiger partial charge in [0.05, 0.1) is 5.92 Å². The van der Waals surface area contributed by atoms with Crippen LogP contribution in [0.3, 0.4) is 0 Å². The summed E-state index contributed by atoms with van der Waals surface area (Å²) in [5.41, 5.74) is 1.83. The van der Waals surface area contributed by atoms with E-state index in [0.717, 1.165) is 16.7 Å². The molecule has 9 heteroatoms. The minimum Gasteiger partial charge on any atom is -0.332 e. The van der Waals surface area contributed by atoms with Gasteiger partial charge in [-0.05, 0) is 24.6 Å². The third kappa shape index (κ3) is 3.74. The van der Waals surface area contributed by atoms with Gasteiger partial charge in [0.1, 0.15) is 0 Å². The summed E-state index contributed by atoms with van der Waals surface area (Å²) in [6, 6.07) is 6.51. The lowest BCUT2D eigenvalue weighted by atomic mass is 10.0. The number of halogens is 3. The van der Waals surface area contributed by atoms with E-state index in [9.17, 15) is 18.0 Å². The number of amides is 1. The number of anilines is 2. The number of carbonyl (C=O) groups is 1. The topological polar surface area (TPSA) is 74.2 Å². The van der Waals surface area contributed by atoms with Crippen LogP contribution in [0.4, 0.5) is 24.0 Å². The van der Waals surface area contributed by atoms with Crippen molar-refractivity contribution in [1.29, 1.82) is 0 Å². The molecule has 1 unspecified atom stereocenters. The highest BCUT2D eigenvalue weighted by molar-refractivity contribution is 7.13. The van der Waals surface area contributed by atoms with Crippen LogP contribution in [0.5, 0.6) is 0 Å². The van der Waals surface area contributed by atoms with Crippen LogP contribution in [0.15, 0.2) is 29.6 Å². The molecule has 0 saturated heterocycles. The van der Waals surface area contributed by atoms with Gasteiger partial charge in [-0.1, -0.05) is 12.1 Å². The molecule has 1 atom stereocenters. The molecule has 3 N–H and O–H groups in total. The Bertz CT molecular complexity index is 655. The first-order chi connectivity index (χ1) is 10.3. The lowest BCUT2D eigenvalue weighted by molar-refractivity contribution is -0.140. The Morgan fingerprint density at radius 1 is 1.32 bits per heavy atom. The molecule has 0 spiro atoms. The van der Waals surface area contributed by atoms with E-state index < -0.39 is 23.7 Å². The fourth-order valence-electron chi connectivity index (χ4n) is 1.69. The zero-order valence-electron chi connectivity index (χ0n) is 11.3. The number of hydroxylamine groups is 1. The molecule has 2 aromatic rings. The van der Waals surface area contributed by atoms with Gasteiger partial charge < -0.3 is 5.32 Å². The minimum atomic E-state index is -4.46. The number of rotatable bonds is 4. The lowest BCUT2D eigenvalue weighted by Gasteiger charge is -2.10. The predicted molar refractivity (Wildman–Crippen MR) is 75.2 cm³/mol. The Balaban J connectivity index is 2.08. The number of alkyl halides is 3. The molecule has 2 rings (SSSR count). The van der Waals surface area contributed by atoms with Gasteiger partial charge >= 0.3 is 6.18 Å². The first-order valence-corrected chi connectivity index (χ1v) is 7.03. The van der Waals surface area contributed by atoms with E-state index in [1.807, 2.05) is 0 Å². The van der Waals surface area contributed by atoms with Crippen molar-refractivity contribution in [3.8, 4) is 0 Å². The van der Waals surface area contributed by atoms with Gasteiger partial charge in [0.2, 0.25) is 0 Å². The molecule has 0 radical (unpaired) electrons. The summed E-state index contributed by atoms with van der Waals surface area (Å²) in [5, 5.41) is 12.4. The molecule has 1 heterocycles. The van der Waals surface area contributed by atoms with Crippen molar-refractivity contribution >= 4 is 28.1 Å². The molecule has 1 aromatic carbocycles. The number of nitrogens with zero attached hydrogens (tertiary/aromatic N) is 1. The summed E-state index contributed by atoms with van der Waals surface area (Å²) < 4.78 is 37.3. The Kier molecular flexibility index (Phi) is 4.67. The second-order valence-electron chi connectivity index (χ2n) is 4.48. The van der Waals surface area contributed by atoms with Gasteiger partial charge in [-0.25, -0.2) is 10.5 Å². The summed E-state index contributed by atoms with van der Waals surface area (Å²) in [6.45, 7) is 1.62. The van der Waals surface area contributed by atoms with E-state index in [-0.39, 0.29) is 5.13 Å². The van der Waals surface area contributed by atoms with E-state index in [1.165, 1.54) is 0 Å². The van der Waals surface area contributed by atoms with Crippen LogP contribution in [-0.2, 0) is 11.0 Å².